The number of halogens is 1. The van der Waals surface area contributed by atoms with E-state index in [1.54, 1.807) is 0 Å². The minimum absolute atomic E-state index is 0. The first kappa shape index (κ1) is 25.7. The number of guanidine groups is 1. The van der Waals surface area contributed by atoms with Gasteiger partial charge in [-0.3, -0.25) is 9.79 Å². The number of piperazine rings is 1. The molecule has 7 nitrogen and oxygen atoms in total. The monoisotopic (exact) mass is 543 g/mol. The number of amides is 1. The first-order chi connectivity index (χ1) is 14.7. The molecule has 0 bridgehead atoms. The Kier molecular flexibility index (Phi) is 11.4. The third-order valence-electron chi connectivity index (χ3n) is 5.66. The predicted octanol–water partition coefficient (Wildman–Crippen LogP) is 2.67. The molecule has 1 N–H and O–H groups in total. The van der Waals surface area contributed by atoms with Crippen LogP contribution in [0, 0.1) is 5.92 Å². The number of rotatable bonds is 10. The van der Waals surface area contributed by atoms with E-state index in [-0.39, 0.29) is 29.9 Å². The first-order valence-electron chi connectivity index (χ1n) is 11.3. The lowest BCUT2D eigenvalue weighted by molar-refractivity contribution is -0.131. The van der Waals surface area contributed by atoms with Crippen molar-refractivity contribution in [2.75, 3.05) is 71.0 Å². The SMILES string of the molecule is CCNC(=NCCC(=O)N1CCN(c2ccccc2)CC1)N(C)CCOCC1CC1.I. The molecule has 0 aromatic heterocycles. The minimum Gasteiger partial charge on any atom is -0.379 e. The van der Waals surface area contributed by atoms with E-state index in [4.69, 9.17) is 4.74 Å². The summed E-state index contributed by atoms with van der Waals surface area (Å²) in [7, 11) is 2.02. The highest BCUT2D eigenvalue weighted by molar-refractivity contribution is 14.0. The van der Waals surface area contributed by atoms with E-state index < -0.39 is 0 Å². The molecule has 1 heterocycles. The van der Waals surface area contributed by atoms with Crippen LogP contribution in [0.15, 0.2) is 35.3 Å². The largest absolute Gasteiger partial charge is 0.379 e. The molecule has 174 valence electrons. The molecule has 8 heteroatoms. The van der Waals surface area contributed by atoms with E-state index in [2.05, 4.69) is 51.3 Å². The Morgan fingerprint density at radius 2 is 1.90 bits per heavy atom. The maximum absolute atomic E-state index is 12.6. The van der Waals surface area contributed by atoms with Gasteiger partial charge in [-0.25, -0.2) is 0 Å². The minimum atomic E-state index is 0. The van der Waals surface area contributed by atoms with E-state index in [9.17, 15) is 4.79 Å². The van der Waals surface area contributed by atoms with Crippen LogP contribution in [0.5, 0.6) is 0 Å². The predicted molar refractivity (Wildman–Crippen MR) is 137 cm³/mol. The summed E-state index contributed by atoms with van der Waals surface area (Å²) in [6.45, 7) is 9.07. The van der Waals surface area contributed by atoms with Crippen LogP contribution in [-0.2, 0) is 9.53 Å². The Morgan fingerprint density at radius 3 is 2.55 bits per heavy atom. The lowest BCUT2D eigenvalue weighted by Crippen LogP contribution is -2.49. The zero-order chi connectivity index (χ0) is 21.2. The number of para-hydroxylation sites is 1. The van der Waals surface area contributed by atoms with Crippen molar-refractivity contribution in [1.82, 2.24) is 15.1 Å². The molecule has 0 radical (unpaired) electrons. The Balaban J connectivity index is 0.00000341. The molecule has 1 saturated carbocycles. The van der Waals surface area contributed by atoms with Crippen molar-refractivity contribution >= 4 is 41.5 Å². The average molecular weight is 543 g/mol. The molecule has 31 heavy (non-hydrogen) atoms. The molecule has 1 aliphatic carbocycles. The van der Waals surface area contributed by atoms with Crippen LogP contribution < -0.4 is 10.2 Å². The maximum Gasteiger partial charge on any atom is 0.224 e. The Hall–Kier alpha value is -1.55. The number of likely N-dealkylation sites (N-methyl/N-ethyl adjacent to an activating group) is 1. The average Bonchev–Trinajstić information content (AvgIpc) is 3.61. The molecule has 1 aromatic rings. The molecule has 0 atom stereocenters. The molecule has 1 amide bonds. The van der Waals surface area contributed by atoms with Crippen molar-refractivity contribution in [3.8, 4) is 0 Å². The van der Waals surface area contributed by atoms with Gasteiger partial charge in [0.1, 0.15) is 0 Å². The van der Waals surface area contributed by atoms with E-state index in [0.29, 0.717) is 19.6 Å². The van der Waals surface area contributed by atoms with Crippen LogP contribution in [-0.4, -0.2) is 87.7 Å². The van der Waals surface area contributed by atoms with Crippen molar-refractivity contribution in [2.24, 2.45) is 10.9 Å². The fourth-order valence-corrected chi connectivity index (χ4v) is 3.58. The number of hydrogen-bond acceptors (Lipinski definition) is 4. The topological polar surface area (TPSA) is 60.4 Å². The van der Waals surface area contributed by atoms with Crippen molar-refractivity contribution in [1.29, 1.82) is 0 Å². The van der Waals surface area contributed by atoms with Crippen LogP contribution >= 0.6 is 24.0 Å². The summed E-state index contributed by atoms with van der Waals surface area (Å²) >= 11 is 0. The number of aliphatic imine (C=N–C) groups is 1. The zero-order valence-electron chi connectivity index (χ0n) is 19.0. The highest BCUT2D eigenvalue weighted by Gasteiger charge is 2.22. The van der Waals surface area contributed by atoms with Crippen LogP contribution in [0.3, 0.4) is 0 Å². The van der Waals surface area contributed by atoms with Crippen LogP contribution in [0.1, 0.15) is 26.2 Å². The number of nitrogens with one attached hydrogen (secondary N) is 1. The zero-order valence-corrected chi connectivity index (χ0v) is 21.3. The lowest BCUT2D eigenvalue weighted by atomic mass is 10.2. The molecule has 3 rings (SSSR count). The number of anilines is 1. The Labute approximate surface area is 204 Å². The molecule has 1 aromatic carbocycles. The Morgan fingerprint density at radius 1 is 1.19 bits per heavy atom. The number of benzene rings is 1. The molecular weight excluding hydrogens is 505 g/mol. The lowest BCUT2D eigenvalue weighted by Gasteiger charge is -2.36. The fourth-order valence-electron chi connectivity index (χ4n) is 3.58. The number of ether oxygens (including phenoxy) is 1. The van der Waals surface area contributed by atoms with Gasteiger partial charge in [-0.05, 0) is 37.8 Å². The molecule has 2 fully saturated rings. The summed E-state index contributed by atoms with van der Waals surface area (Å²) in [6, 6.07) is 10.4. The summed E-state index contributed by atoms with van der Waals surface area (Å²) < 4.78 is 5.73. The van der Waals surface area contributed by atoms with Crippen LogP contribution in [0.25, 0.3) is 0 Å². The van der Waals surface area contributed by atoms with Gasteiger partial charge in [0.15, 0.2) is 5.96 Å². The second-order valence-corrected chi connectivity index (χ2v) is 8.13. The maximum atomic E-state index is 12.6. The number of hydrogen-bond donors (Lipinski definition) is 1. The standard InChI is InChI=1S/C23H37N5O2.HI/c1-3-24-23(26(2)17-18-30-19-20-9-10-20)25-12-11-22(29)28-15-13-27(14-16-28)21-7-5-4-6-8-21;/h4-8,20H,3,9-19H2,1-2H3,(H,24,25);1H. The molecule has 0 spiro atoms. The first-order valence-corrected chi connectivity index (χ1v) is 11.3. The second-order valence-electron chi connectivity index (χ2n) is 8.13. The van der Waals surface area contributed by atoms with E-state index in [0.717, 1.165) is 57.8 Å². The van der Waals surface area contributed by atoms with Gasteiger partial charge >= 0.3 is 0 Å². The smallest absolute Gasteiger partial charge is 0.224 e. The van der Waals surface area contributed by atoms with Crippen molar-refractivity contribution in [3.05, 3.63) is 30.3 Å². The molecule has 2 aliphatic rings. The molecule has 0 unspecified atom stereocenters. The van der Waals surface area contributed by atoms with Gasteiger partial charge in [-0.1, -0.05) is 18.2 Å². The number of nitrogens with zero attached hydrogens (tertiary/aromatic N) is 4. The summed E-state index contributed by atoms with van der Waals surface area (Å²) in [5, 5.41) is 3.31. The second kappa shape index (κ2) is 13.8. The highest BCUT2D eigenvalue weighted by atomic mass is 127. The van der Waals surface area contributed by atoms with E-state index >= 15 is 0 Å². The van der Waals surface area contributed by atoms with Crippen molar-refractivity contribution in [2.45, 2.75) is 26.2 Å². The molecule has 1 aliphatic heterocycles. The van der Waals surface area contributed by atoms with Gasteiger partial charge in [0, 0.05) is 65.0 Å². The fraction of sp³-hybridized carbons (Fsp3) is 0.652. The Bertz CT molecular complexity index is 676. The van der Waals surface area contributed by atoms with Gasteiger partial charge < -0.3 is 24.8 Å². The van der Waals surface area contributed by atoms with E-state index in [1.807, 2.05) is 18.0 Å². The summed E-state index contributed by atoms with van der Waals surface area (Å²) in [5.41, 5.74) is 1.23. The third kappa shape index (κ3) is 8.84. The number of carbonyl (C=O) groups is 1. The van der Waals surface area contributed by atoms with Gasteiger partial charge in [0.25, 0.3) is 0 Å². The van der Waals surface area contributed by atoms with Gasteiger partial charge in [0.05, 0.1) is 13.2 Å². The highest BCUT2D eigenvalue weighted by Crippen LogP contribution is 2.28. The van der Waals surface area contributed by atoms with Crippen LogP contribution in [0.4, 0.5) is 5.69 Å². The molecule has 1 saturated heterocycles. The van der Waals surface area contributed by atoms with Crippen molar-refractivity contribution < 1.29 is 9.53 Å². The summed E-state index contributed by atoms with van der Waals surface area (Å²) in [4.78, 5) is 23.7. The van der Waals surface area contributed by atoms with Crippen LogP contribution in [0.2, 0.25) is 0 Å². The van der Waals surface area contributed by atoms with Gasteiger partial charge in [-0.15, -0.1) is 24.0 Å². The number of carbonyl (C=O) groups excluding carboxylic acids is 1. The third-order valence-corrected chi connectivity index (χ3v) is 5.66. The van der Waals surface area contributed by atoms with E-state index in [1.165, 1.54) is 18.5 Å². The summed E-state index contributed by atoms with van der Waals surface area (Å²) in [6.07, 6.45) is 3.08. The summed E-state index contributed by atoms with van der Waals surface area (Å²) in [5.74, 6) is 1.82. The van der Waals surface area contributed by atoms with Gasteiger partial charge in [0.2, 0.25) is 5.91 Å². The molecular formula is C23H38IN5O2. The quantitative estimate of drug-likeness (QED) is 0.213. The van der Waals surface area contributed by atoms with Gasteiger partial charge in [-0.2, -0.15) is 0 Å². The van der Waals surface area contributed by atoms with Crippen molar-refractivity contribution in [3.63, 3.8) is 0 Å². The normalized spacial score (nSPS) is 16.6.